The average molecular weight is 374 g/mol. The number of nitrogens with zero attached hydrogens (tertiary/aromatic N) is 1. The van der Waals surface area contributed by atoms with Crippen LogP contribution in [0, 0.1) is 6.92 Å². The van der Waals surface area contributed by atoms with Crippen LogP contribution in [0.25, 0.3) is 0 Å². The van der Waals surface area contributed by atoms with Crippen LogP contribution >= 0.6 is 15.9 Å². The molecule has 1 amide bonds. The highest BCUT2D eigenvalue weighted by molar-refractivity contribution is 9.10. The van der Waals surface area contributed by atoms with Gasteiger partial charge in [-0.05, 0) is 59.1 Å². The Balaban J connectivity index is 1.72. The van der Waals surface area contributed by atoms with Crippen molar-refractivity contribution >= 4 is 38.9 Å². The number of nitrogens with one attached hydrogen (secondary N) is 2. The van der Waals surface area contributed by atoms with E-state index in [-0.39, 0.29) is 5.91 Å². The van der Waals surface area contributed by atoms with Gasteiger partial charge in [-0.15, -0.1) is 0 Å². The predicted molar refractivity (Wildman–Crippen MR) is 99.3 cm³/mol. The van der Waals surface area contributed by atoms with Crippen LogP contribution in [0.15, 0.2) is 46.9 Å². The monoisotopic (exact) mass is 373 g/mol. The molecular formula is C18H20BrN3O. The number of fused-ring (bicyclic) bond motifs is 1. The Labute approximate surface area is 145 Å². The van der Waals surface area contributed by atoms with E-state index in [9.17, 15) is 4.79 Å². The van der Waals surface area contributed by atoms with E-state index >= 15 is 0 Å². The van der Waals surface area contributed by atoms with Gasteiger partial charge in [0.1, 0.15) is 0 Å². The fraction of sp³-hybridized carbons (Fsp3) is 0.278. The molecule has 0 saturated heterocycles. The first-order valence-electron chi connectivity index (χ1n) is 7.77. The summed E-state index contributed by atoms with van der Waals surface area (Å²) in [5.74, 6) is -0.00810. The smallest absolute Gasteiger partial charge is 0.243 e. The van der Waals surface area contributed by atoms with E-state index in [4.69, 9.17) is 0 Å². The van der Waals surface area contributed by atoms with Crippen LogP contribution in [0.4, 0.5) is 17.1 Å². The van der Waals surface area contributed by atoms with E-state index in [0.717, 1.165) is 46.6 Å². The molecule has 1 aliphatic rings. The number of aryl methyl sites for hydroxylation is 1. The third kappa shape index (κ3) is 3.85. The summed E-state index contributed by atoms with van der Waals surface area (Å²) in [4.78, 5) is 14.6. The number of halogens is 1. The molecule has 1 heterocycles. The average Bonchev–Trinajstić information content (AvgIpc) is 2.73. The lowest BCUT2D eigenvalue weighted by molar-refractivity contribution is -0.115. The lowest BCUT2D eigenvalue weighted by Crippen LogP contribution is -2.33. The van der Waals surface area contributed by atoms with Gasteiger partial charge in [0.15, 0.2) is 0 Å². The van der Waals surface area contributed by atoms with Crippen molar-refractivity contribution in [1.29, 1.82) is 0 Å². The molecule has 3 rings (SSSR count). The minimum absolute atomic E-state index is 0.00810. The van der Waals surface area contributed by atoms with Crippen LogP contribution in [0.1, 0.15) is 12.0 Å². The Hall–Kier alpha value is -2.01. The molecule has 120 valence electrons. The molecule has 0 bridgehead atoms. The van der Waals surface area contributed by atoms with Crippen molar-refractivity contribution in [2.24, 2.45) is 0 Å². The van der Waals surface area contributed by atoms with Crippen LogP contribution < -0.4 is 15.5 Å². The maximum atomic E-state index is 12.4. The zero-order valence-corrected chi connectivity index (χ0v) is 14.7. The van der Waals surface area contributed by atoms with Crippen molar-refractivity contribution in [1.82, 2.24) is 0 Å². The van der Waals surface area contributed by atoms with E-state index in [1.54, 1.807) is 0 Å². The Kier molecular flexibility index (Phi) is 4.86. The molecule has 0 unspecified atom stereocenters. The number of anilines is 3. The van der Waals surface area contributed by atoms with Crippen molar-refractivity contribution in [2.75, 3.05) is 35.2 Å². The summed E-state index contributed by atoms with van der Waals surface area (Å²) in [5, 5.41) is 6.40. The molecule has 2 aromatic carbocycles. The van der Waals surface area contributed by atoms with E-state index in [2.05, 4.69) is 43.6 Å². The largest absolute Gasteiger partial charge is 0.383 e. The van der Waals surface area contributed by atoms with Crippen molar-refractivity contribution in [3.63, 3.8) is 0 Å². The highest BCUT2D eigenvalue weighted by atomic mass is 79.9. The highest BCUT2D eigenvalue weighted by Crippen LogP contribution is 2.28. The molecule has 0 radical (unpaired) electrons. The Morgan fingerprint density at radius 3 is 2.96 bits per heavy atom. The third-order valence-electron chi connectivity index (χ3n) is 3.90. The number of para-hydroxylation sites is 2. The van der Waals surface area contributed by atoms with Gasteiger partial charge in [0.2, 0.25) is 5.91 Å². The molecule has 2 aromatic rings. The maximum Gasteiger partial charge on any atom is 0.243 e. The van der Waals surface area contributed by atoms with Crippen LogP contribution in [-0.2, 0) is 4.79 Å². The molecule has 1 aliphatic heterocycles. The van der Waals surface area contributed by atoms with Crippen LogP contribution in [0.5, 0.6) is 0 Å². The fourth-order valence-electron chi connectivity index (χ4n) is 2.76. The number of carbonyl (C=O) groups is 1. The number of carbonyl (C=O) groups excluding carboxylic acids is 1. The number of benzene rings is 2. The summed E-state index contributed by atoms with van der Waals surface area (Å²) in [7, 11) is 0. The number of hydrogen-bond acceptors (Lipinski definition) is 3. The van der Waals surface area contributed by atoms with E-state index in [0.29, 0.717) is 6.54 Å². The molecule has 0 fully saturated rings. The van der Waals surface area contributed by atoms with Gasteiger partial charge in [0, 0.05) is 17.6 Å². The van der Waals surface area contributed by atoms with Crippen molar-refractivity contribution in [3.05, 3.63) is 52.5 Å². The second kappa shape index (κ2) is 7.04. The zero-order valence-electron chi connectivity index (χ0n) is 13.1. The lowest BCUT2D eigenvalue weighted by Gasteiger charge is -2.24. The SMILES string of the molecule is Cc1ccc(NC(=O)CN2CCCNc3ccccc32)c(Br)c1. The Morgan fingerprint density at radius 1 is 1.30 bits per heavy atom. The van der Waals surface area contributed by atoms with E-state index in [1.165, 1.54) is 0 Å². The normalized spacial score (nSPS) is 13.7. The quantitative estimate of drug-likeness (QED) is 0.853. The maximum absolute atomic E-state index is 12.4. The summed E-state index contributed by atoms with van der Waals surface area (Å²) in [6, 6.07) is 14.1. The van der Waals surface area contributed by atoms with E-state index < -0.39 is 0 Å². The molecule has 0 aliphatic carbocycles. The first-order valence-corrected chi connectivity index (χ1v) is 8.56. The number of hydrogen-bond donors (Lipinski definition) is 2. The van der Waals surface area contributed by atoms with Gasteiger partial charge in [-0.2, -0.15) is 0 Å². The molecule has 0 spiro atoms. The number of amides is 1. The van der Waals surface area contributed by atoms with Gasteiger partial charge >= 0.3 is 0 Å². The topological polar surface area (TPSA) is 44.4 Å². The van der Waals surface area contributed by atoms with Crippen molar-refractivity contribution in [3.8, 4) is 0 Å². The van der Waals surface area contributed by atoms with E-state index in [1.807, 2.05) is 37.3 Å². The standard InChI is InChI=1S/C18H20BrN3O/c1-13-7-8-15(14(19)11-13)21-18(23)12-22-10-4-9-20-16-5-2-3-6-17(16)22/h2-3,5-8,11,20H,4,9-10,12H2,1H3,(H,21,23). The summed E-state index contributed by atoms with van der Waals surface area (Å²) in [6.07, 6.45) is 1.01. The molecule has 5 heteroatoms. The van der Waals surface area contributed by atoms with Gasteiger partial charge < -0.3 is 15.5 Å². The minimum atomic E-state index is -0.00810. The first kappa shape index (κ1) is 15.9. The van der Waals surface area contributed by atoms with Gasteiger partial charge in [-0.1, -0.05) is 18.2 Å². The van der Waals surface area contributed by atoms with Gasteiger partial charge in [-0.25, -0.2) is 0 Å². The summed E-state index contributed by atoms with van der Waals surface area (Å²) >= 11 is 3.50. The summed E-state index contributed by atoms with van der Waals surface area (Å²) < 4.78 is 0.906. The summed E-state index contributed by atoms with van der Waals surface area (Å²) in [6.45, 7) is 4.17. The van der Waals surface area contributed by atoms with Crippen molar-refractivity contribution < 1.29 is 4.79 Å². The molecule has 2 N–H and O–H groups in total. The van der Waals surface area contributed by atoms with Crippen LogP contribution in [0.2, 0.25) is 0 Å². The van der Waals surface area contributed by atoms with Crippen molar-refractivity contribution in [2.45, 2.75) is 13.3 Å². The van der Waals surface area contributed by atoms with Gasteiger partial charge in [0.25, 0.3) is 0 Å². The highest BCUT2D eigenvalue weighted by Gasteiger charge is 2.17. The van der Waals surface area contributed by atoms with Gasteiger partial charge in [0.05, 0.1) is 23.6 Å². The van der Waals surface area contributed by atoms with Crippen LogP contribution in [-0.4, -0.2) is 25.5 Å². The Morgan fingerprint density at radius 2 is 2.13 bits per heavy atom. The molecule has 0 atom stereocenters. The second-order valence-electron chi connectivity index (χ2n) is 5.75. The Bertz CT molecular complexity index is 717. The van der Waals surface area contributed by atoms with Crippen LogP contribution in [0.3, 0.4) is 0 Å². The number of rotatable bonds is 3. The fourth-order valence-corrected chi connectivity index (χ4v) is 3.35. The lowest BCUT2D eigenvalue weighted by atomic mass is 10.2. The minimum Gasteiger partial charge on any atom is -0.383 e. The second-order valence-corrected chi connectivity index (χ2v) is 6.60. The summed E-state index contributed by atoms with van der Waals surface area (Å²) in [5.41, 5.74) is 4.14. The molecule has 0 aromatic heterocycles. The zero-order chi connectivity index (χ0) is 16.2. The molecule has 23 heavy (non-hydrogen) atoms. The predicted octanol–water partition coefficient (Wildman–Crippen LogP) is 4.02. The molecular weight excluding hydrogens is 354 g/mol. The molecule has 0 saturated carbocycles. The van der Waals surface area contributed by atoms with Gasteiger partial charge in [-0.3, -0.25) is 4.79 Å². The first-order chi connectivity index (χ1) is 11.1. The molecule has 4 nitrogen and oxygen atoms in total. The third-order valence-corrected chi connectivity index (χ3v) is 4.55.